The van der Waals surface area contributed by atoms with Gasteiger partial charge in [-0.2, -0.15) is 0 Å². The first kappa shape index (κ1) is 43.0. The molecule has 21 heteroatoms. The van der Waals surface area contributed by atoms with Gasteiger partial charge in [0.1, 0.15) is 0 Å². The van der Waals surface area contributed by atoms with Crippen LogP contribution in [-0.2, 0) is 5.88 Å². The Morgan fingerprint density at radius 2 is 0.956 bits per heavy atom. The maximum absolute atomic E-state index is 11.1. The summed E-state index contributed by atoms with van der Waals surface area (Å²) in [4.78, 5) is 62.9. The second-order valence-corrected chi connectivity index (χ2v) is 24.1. The number of hydrogen-bond donors (Lipinski definition) is 3. The van der Waals surface area contributed by atoms with Gasteiger partial charge in [0, 0.05) is 61.0 Å². The van der Waals surface area contributed by atoms with Crippen molar-refractivity contribution in [3.8, 4) is 0 Å². The Morgan fingerprint density at radius 3 is 1.22 bits per heavy atom. The van der Waals surface area contributed by atoms with Crippen LogP contribution in [0.15, 0.2) is 54.6 Å². The fourth-order valence-corrected chi connectivity index (χ4v) is 3.34. The molecule has 3 aromatic rings. The maximum Gasteiger partial charge on any atom is 0.335 e. The second kappa shape index (κ2) is 22.5. The van der Waals surface area contributed by atoms with Crippen LogP contribution < -0.4 is 13.3 Å². The van der Waals surface area contributed by atoms with Crippen molar-refractivity contribution in [1.29, 1.82) is 0 Å². The van der Waals surface area contributed by atoms with Crippen LogP contribution in [0.4, 0.5) is 17.1 Å². The smallest absolute Gasteiger partial charge is 0.335 e. The molecule has 0 bridgehead atoms. The summed E-state index contributed by atoms with van der Waals surface area (Å²) < 4.78 is 0. The molecule has 242 valence electrons. The normalized spacial score (nSPS) is 9.80. The molecule has 3 rings (SSSR count). The quantitative estimate of drug-likeness (QED) is 0.0775. The SMILES string of the molecule is II.I[I-]I.O=C(O)c1ccc(/C=C/c2ccc(C(=O)O)cc2[N+](=O)[O-])c([N+](=O)[O-])c1.O=C(O)c1ccc(CCl)c([N+](=O)[O-])c1. The maximum atomic E-state index is 11.1. The minimum absolute atomic E-state index is 0.0176. The van der Waals surface area contributed by atoms with E-state index in [4.69, 9.17) is 26.9 Å². The van der Waals surface area contributed by atoms with E-state index in [1.807, 2.05) is 0 Å². The van der Waals surface area contributed by atoms with E-state index in [2.05, 4.69) is 74.5 Å². The second-order valence-electron chi connectivity index (χ2n) is 7.60. The molecule has 45 heavy (non-hydrogen) atoms. The predicted octanol–water partition coefficient (Wildman–Crippen LogP) is 5.65. The van der Waals surface area contributed by atoms with Gasteiger partial charge in [-0.15, -0.1) is 11.6 Å². The molecule has 0 fully saturated rings. The van der Waals surface area contributed by atoms with Crippen LogP contribution in [0.5, 0.6) is 0 Å². The molecule has 0 radical (unpaired) electrons. The predicted molar refractivity (Wildman–Crippen MR) is 195 cm³/mol. The molecular weight excluding hydrogens is 1190 g/mol. The van der Waals surface area contributed by atoms with Crippen LogP contribution in [0, 0.1) is 30.3 Å². The van der Waals surface area contributed by atoms with Crippen molar-refractivity contribution in [3.63, 3.8) is 0 Å². The van der Waals surface area contributed by atoms with E-state index < -0.39 is 44.1 Å². The molecule has 0 saturated carbocycles. The van der Waals surface area contributed by atoms with Crippen LogP contribution in [-0.4, -0.2) is 48.0 Å². The average Bonchev–Trinajstić information content (AvgIpc) is 3.00. The molecule has 0 atom stereocenters. The minimum Gasteiger partial charge on any atom is -0.478 e. The molecule has 0 aromatic heterocycles. The molecule has 3 N–H and O–H groups in total. The van der Waals surface area contributed by atoms with E-state index >= 15 is 0 Å². The zero-order valence-electron chi connectivity index (χ0n) is 21.7. The molecular formula is C24H16ClI5N3O12-. The molecule has 0 aliphatic heterocycles. The Balaban J connectivity index is 0.000000855. The van der Waals surface area contributed by atoms with Crippen molar-refractivity contribution in [1.82, 2.24) is 0 Å². The number of nitro benzene ring substituents is 3. The average molecular weight is 1210 g/mol. The Kier molecular flexibility index (Phi) is 21.4. The zero-order chi connectivity index (χ0) is 34.9. The number of nitro groups is 3. The zero-order valence-corrected chi connectivity index (χ0v) is 33.2. The van der Waals surface area contributed by atoms with Gasteiger partial charge in [-0.3, -0.25) is 30.3 Å². The number of nitrogens with zero attached hydrogens (tertiary/aromatic N) is 3. The summed E-state index contributed by atoms with van der Waals surface area (Å²) in [6.45, 7) is 0. The van der Waals surface area contributed by atoms with E-state index in [0.717, 1.165) is 30.3 Å². The summed E-state index contributed by atoms with van der Waals surface area (Å²) in [5.74, 6) is -3.88. The van der Waals surface area contributed by atoms with Gasteiger partial charge < -0.3 is 15.3 Å². The van der Waals surface area contributed by atoms with E-state index in [0.29, 0.717) is 18.8 Å². The number of hydrogen-bond acceptors (Lipinski definition) is 9. The number of carbonyl (C=O) groups is 3. The van der Waals surface area contributed by atoms with Crippen molar-refractivity contribution in [2.75, 3.05) is 0 Å². The molecule has 0 aliphatic carbocycles. The van der Waals surface area contributed by atoms with Gasteiger partial charge >= 0.3 is 68.4 Å². The van der Waals surface area contributed by atoms with E-state index in [1.54, 1.807) is 0 Å². The fraction of sp³-hybridized carbons (Fsp3) is 0.0417. The topological polar surface area (TPSA) is 241 Å². The van der Waals surface area contributed by atoms with Crippen LogP contribution >= 0.6 is 86.1 Å². The summed E-state index contributed by atoms with van der Waals surface area (Å²) in [5.41, 5.74) is -1.51. The van der Waals surface area contributed by atoms with Crippen molar-refractivity contribution >= 4 is 133 Å². The van der Waals surface area contributed by atoms with Gasteiger partial charge in [-0.25, -0.2) is 14.4 Å². The summed E-state index contributed by atoms with van der Waals surface area (Å²) in [7, 11) is 0. The monoisotopic (exact) mass is 1210 g/mol. The van der Waals surface area contributed by atoms with Gasteiger partial charge in [0.05, 0.1) is 48.5 Å². The first-order chi connectivity index (χ1) is 21.2. The summed E-state index contributed by atoms with van der Waals surface area (Å²) in [6.07, 6.45) is 2.43. The van der Waals surface area contributed by atoms with Crippen molar-refractivity contribution in [3.05, 3.63) is 118 Å². The van der Waals surface area contributed by atoms with Crippen LogP contribution in [0.1, 0.15) is 47.8 Å². The number of carboxylic acids is 3. The summed E-state index contributed by atoms with van der Waals surface area (Å²) >= 11 is 15.0. The van der Waals surface area contributed by atoms with E-state index in [1.165, 1.54) is 36.4 Å². The number of carboxylic acid groups (broad SMARTS) is 3. The van der Waals surface area contributed by atoms with Crippen molar-refractivity contribution < 1.29 is 57.7 Å². The molecule has 0 spiro atoms. The first-order valence-corrected chi connectivity index (χ1v) is 30.4. The summed E-state index contributed by atoms with van der Waals surface area (Å²) in [5, 5.41) is 59.1. The number of rotatable bonds is 9. The number of halogens is 6. The van der Waals surface area contributed by atoms with E-state index in [-0.39, 0.29) is 39.4 Å². The van der Waals surface area contributed by atoms with Gasteiger partial charge in [0.15, 0.2) is 0 Å². The van der Waals surface area contributed by atoms with Crippen LogP contribution in [0.3, 0.4) is 0 Å². The third kappa shape index (κ3) is 14.5. The Labute approximate surface area is 311 Å². The van der Waals surface area contributed by atoms with E-state index in [9.17, 15) is 44.7 Å². The standard InChI is InChI=1S/C16H10N2O8.C8H6ClNO4.I3.I2/c19-15(20)11-5-3-9(13(7-11)17(23)24)1-2-10-4-6-12(16(21)22)8-14(10)18(25)26;9-4-6-2-1-5(8(11)12)3-7(6)10(13)14;1-3-2;1-2/h1-8H,(H,19,20)(H,21,22);1-3H,4H2,(H,11,12);;/q;;-1;/b2-1+;;;. The minimum atomic E-state index is -1.33. The van der Waals surface area contributed by atoms with Crippen LogP contribution in [0.25, 0.3) is 12.2 Å². The third-order valence-electron chi connectivity index (χ3n) is 5.06. The van der Waals surface area contributed by atoms with Gasteiger partial charge in [0.25, 0.3) is 17.1 Å². The Hall–Kier alpha value is -2.05. The van der Waals surface area contributed by atoms with Gasteiger partial charge in [-0.1, -0.05) is 6.07 Å². The largest absolute Gasteiger partial charge is 0.478 e. The molecule has 0 saturated heterocycles. The molecule has 0 heterocycles. The number of alkyl halides is 1. The number of aromatic carboxylic acids is 3. The summed E-state index contributed by atoms with van der Waals surface area (Å²) in [6, 6.07) is 10.1. The molecule has 3 aromatic carbocycles. The fourth-order valence-electron chi connectivity index (χ4n) is 3.11. The third-order valence-corrected chi connectivity index (χ3v) is 5.35. The van der Waals surface area contributed by atoms with Crippen LogP contribution in [0.2, 0.25) is 0 Å². The van der Waals surface area contributed by atoms with Crippen molar-refractivity contribution in [2.24, 2.45) is 0 Å². The molecule has 0 unspecified atom stereocenters. The number of benzene rings is 3. The van der Waals surface area contributed by atoms with Gasteiger partial charge in [0.2, 0.25) is 0 Å². The van der Waals surface area contributed by atoms with Gasteiger partial charge in [-0.05, 0) is 42.5 Å². The molecule has 15 nitrogen and oxygen atoms in total. The molecule has 0 aliphatic rings. The molecule has 0 amide bonds. The Bertz CT molecular complexity index is 1530. The first-order valence-electron chi connectivity index (χ1n) is 11.0. The van der Waals surface area contributed by atoms with Crippen molar-refractivity contribution in [2.45, 2.75) is 5.88 Å². The Morgan fingerprint density at radius 1 is 0.667 bits per heavy atom.